The number of halogens is 2. The van der Waals surface area contributed by atoms with Crippen molar-refractivity contribution in [3.8, 4) is 22.6 Å². The summed E-state index contributed by atoms with van der Waals surface area (Å²) in [7, 11) is 0. The third kappa shape index (κ3) is 2.44. The van der Waals surface area contributed by atoms with E-state index in [1.165, 1.54) is 0 Å². The lowest BCUT2D eigenvalue weighted by molar-refractivity contribution is 0.0976. The Morgan fingerprint density at radius 2 is 2.00 bits per heavy atom. The number of hydrogen-bond donors (Lipinski definition) is 1. The van der Waals surface area contributed by atoms with Crippen LogP contribution >= 0.6 is 23.2 Å². The number of benzene rings is 2. The van der Waals surface area contributed by atoms with E-state index in [-0.39, 0.29) is 6.10 Å². The Kier molecular flexibility index (Phi) is 3.74. The van der Waals surface area contributed by atoms with Gasteiger partial charge in [-0.05, 0) is 18.2 Å². The number of hydrogen-bond acceptors (Lipinski definition) is 3. The molecule has 1 heterocycles. The van der Waals surface area contributed by atoms with Crippen LogP contribution in [0.15, 0.2) is 36.4 Å². The molecule has 0 fully saturated rings. The molecule has 1 aliphatic heterocycles. The molecule has 0 spiro atoms. The predicted molar refractivity (Wildman–Crippen MR) is 80.9 cm³/mol. The third-order valence-electron chi connectivity index (χ3n) is 3.17. The van der Waals surface area contributed by atoms with Gasteiger partial charge in [0, 0.05) is 22.7 Å². The second-order valence-corrected chi connectivity index (χ2v) is 5.39. The van der Waals surface area contributed by atoms with Gasteiger partial charge < -0.3 is 15.2 Å². The van der Waals surface area contributed by atoms with Gasteiger partial charge in [0.1, 0.15) is 12.7 Å². The number of ether oxygens (including phenoxy) is 2. The molecule has 20 heavy (non-hydrogen) atoms. The molecule has 1 atom stereocenters. The highest BCUT2D eigenvalue weighted by Gasteiger charge is 2.23. The van der Waals surface area contributed by atoms with Crippen molar-refractivity contribution in [1.29, 1.82) is 0 Å². The second-order valence-electron chi connectivity index (χ2n) is 4.54. The van der Waals surface area contributed by atoms with Crippen LogP contribution in [0.4, 0.5) is 0 Å². The molecule has 0 aliphatic carbocycles. The van der Waals surface area contributed by atoms with Crippen molar-refractivity contribution >= 4 is 23.2 Å². The van der Waals surface area contributed by atoms with E-state index in [0.717, 1.165) is 11.1 Å². The Morgan fingerprint density at radius 3 is 2.75 bits per heavy atom. The van der Waals surface area contributed by atoms with E-state index >= 15 is 0 Å². The van der Waals surface area contributed by atoms with Crippen LogP contribution in [0.25, 0.3) is 11.1 Å². The van der Waals surface area contributed by atoms with Crippen LogP contribution in [0.1, 0.15) is 0 Å². The molecule has 0 amide bonds. The monoisotopic (exact) mass is 309 g/mol. The Bertz CT molecular complexity index is 646. The van der Waals surface area contributed by atoms with Gasteiger partial charge in [0.2, 0.25) is 0 Å². The first-order chi connectivity index (χ1) is 9.69. The van der Waals surface area contributed by atoms with E-state index in [4.69, 9.17) is 38.4 Å². The SMILES string of the molecule is NC[C@H]1COc2cccc(-c3ccc(Cl)cc3Cl)c2O1. The van der Waals surface area contributed by atoms with Crippen molar-refractivity contribution in [2.45, 2.75) is 6.10 Å². The maximum absolute atomic E-state index is 6.27. The van der Waals surface area contributed by atoms with Crippen molar-refractivity contribution < 1.29 is 9.47 Å². The van der Waals surface area contributed by atoms with Crippen LogP contribution in [0.5, 0.6) is 11.5 Å². The fourth-order valence-corrected chi connectivity index (χ4v) is 2.68. The van der Waals surface area contributed by atoms with E-state index in [2.05, 4.69) is 0 Å². The van der Waals surface area contributed by atoms with Gasteiger partial charge in [-0.2, -0.15) is 0 Å². The van der Waals surface area contributed by atoms with E-state index in [1.54, 1.807) is 12.1 Å². The maximum Gasteiger partial charge on any atom is 0.169 e. The predicted octanol–water partition coefficient (Wildman–Crippen LogP) is 3.76. The van der Waals surface area contributed by atoms with Crippen molar-refractivity contribution in [2.75, 3.05) is 13.2 Å². The van der Waals surface area contributed by atoms with Crippen LogP contribution in [-0.4, -0.2) is 19.3 Å². The van der Waals surface area contributed by atoms with Crippen molar-refractivity contribution in [1.82, 2.24) is 0 Å². The van der Waals surface area contributed by atoms with Crippen molar-refractivity contribution in [2.24, 2.45) is 5.73 Å². The molecule has 0 aromatic heterocycles. The lowest BCUT2D eigenvalue weighted by Crippen LogP contribution is -2.35. The van der Waals surface area contributed by atoms with Gasteiger partial charge in [-0.25, -0.2) is 0 Å². The second kappa shape index (κ2) is 5.52. The summed E-state index contributed by atoms with van der Waals surface area (Å²) >= 11 is 12.2. The van der Waals surface area contributed by atoms with Gasteiger partial charge in [-0.1, -0.05) is 41.4 Å². The fraction of sp³-hybridized carbons (Fsp3) is 0.200. The summed E-state index contributed by atoms with van der Waals surface area (Å²) < 4.78 is 11.6. The highest BCUT2D eigenvalue weighted by Crippen LogP contribution is 2.43. The molecule has 2 aromatic rings. The molecule has 5 heteroatoms. The van der Waals surface area contributed by atoms with E-state index in [1.807, 2.05) is 24.3 Å². The van der Waals surface area contributed by atoms with Gasteiger partial charge >= 0.3 is 0 Å². The average molecular weight is 310 g/mol. The van der Waals surface area contributed by atoms with E-state index in [0.29, 0.717) is 34.7 Å². The van der Waals surface area contributed by atoms with Gasteiger partial charge in [0.05, 0.1) is 5.02 Å². The smallest absolute Gasteiger partial charge is 0.169 e. The number of nitrogens with two attached hydrogens (primary N) is 1. The molecule has 2 aromatic carbocycles. The van der Waals surface area contributed by atoms with Gasteiger partial charge in [0.25, 0.3) is 0 Å². The Morgan fingerprint density at radius 1 is 1.15 bits per heavy atom. The Hall–Kier alpha value is -1.42. The Balaban J connectivity index is 2.10. The zero-order chi connectivity index (χ0) is 14.1. The van der Waals surface area contributed by atoms with E-state index in [9.17, 15) is 0 Å². The summed E-state index contributed by atoms with van der Waals surface area (Å²) in [4.78, 5) is 0. The summed E-state index contributed by atoms with van der Waals surface area (Å²) in [6.45, 7) is 0.865. The van der Waals surface area contributed by atoms with Gasteiger partial charge in [0.15, 0.2) is 11.5 Å². The molecular formula is C15H13Cl2NO2. The lowest BCUT2D eigenvalue weighted by atomic mass is 10.0. The van der Waals surface area contributed by atoms with Crippen LogP contribution in [-0.2, 0) is 0 Å². The quantitative estimate of drug-likeness (QED) is 0.918. The molecule has 3 rings (SSSR count). The third-order valence-corrected chi connectivity index (χ3v) is 3.72. The van der Waals surface area contributed by atoms with Crippen LogP contribution in [0, 0.1) is 0 Å². The first kappa shape index (κ1) is 13.6. The lowest BCUT2D eigenvalue weighted by Gasteiger charge is -2.27. The normalized spacial score (nSPS) is 17.1. The molecule has 0 saturated heterocycles. The fourth-order valence-electron chi connectivity index (χ4n) is 2.17. The standard InChI is InChI=1S/C15H13Cl2NO2/c16-9-4-5-11(13(17)6-9)12-2-1-3-14-15(12)20-10(7-18)8-19-14/h1-6,10H,7-8,18H2/t10-/m0/s1. The molecule has 104 valence electrons. The van der Waals surface area contributed by atoms with E-state index < -0.39 is 0 Å². The zero-order valence-electron chi connectivity index (χ0n) is 10.6. The molecule has 0 unspecified atom stereocenters. The highest BCUT2D eigenvalue weighted by atomic mass is 35.5. The first-order valence-corrected chi connectivity index (χ1v) is 7.02. The largest absolute Gasteiger partial charge is 0.486 e. The summed E-state index contributed by atoms with van der Waals surface area (Å²) in [6.07, 6.45) is -0.144. The minimum Gasteiger partial charge on any atom is -0.486 e. The van der Waals surface area contributed by atoms with Crippen molar-refractivity contribution in [3.63, 3.8) is 0 Å². The molecule has 1 aliphatic rings. The number of rotatable bonds is 2. The minimum atomic E-state index is -0.144. The summed E-state index contributed by atoms with van der Waals surface area (Å²) in [5.74, 6) is 1.39. The zero-order valence-corrected chi connectivity index (χ0v) is 12.1. The van der Waals surface area contributed by atoms with Crippen LogP contribution < -0.4 is 15.2 Å². The van der Waals surface area contributed by atoms with Crippen molar-refractivity contribution in [3.05, 3.63) is 46.4 Å². The maximum atomic E-state index is 6.27. The molecule has 0 radical (unpaired) electrons. The van der Waals surface area contributed by atoms with Gasteiger partial charge in [-0.15, -0.1) is 0 Å². The van der Waals surface area contributed by atoms with Gasteiger partial charge in [-0.3, -0.25) is 0 Å². The first-order valence-electron chi connectivity index (χ1n) is 6.27. The highest BCUT2D eigenvalue weighted by molar-refractivity contribution is 6.36. The molecular weight excluding hydrogens is 297 g/mol. The molecule has 3 nitrogen and oxygen atoms in total. The number of fused-ring (bicyclic) bond motifs is 1. The summed E-state index contributed by atoms with van der Waals surface area (Å²) in [5.41, 5.74) is 7.38. The summed E-state index contributed by atoms with van der Waals surface area (Å²) in [6, 6.07) is 11.1. The average Bonchev–Trinajstić information content (AvgIpc) is 2.46. The Labute approximate surface area is 127 Å². The topological polar surface area (TPSA) is 44.5 Å². The van der Waals surface area contributed by atoms with Crippen LogP contribution in [0.2, 0.25) is 10.0 Å². The molecule has 0 bridgehead atoms. The molecule has 0 saturated carbocycles. The summed E-state index contributed by atoms with van der Waals surface area (Å²) in [5, 5.41) is 1.17. The number of para-hydroxylation sites is 1. The molecule has 2 N–H and O–H groups in total. The van der Waals surface area contributed by atoms with Crippen LogP contribution in [0.3, 0.4) is 0 Å². The minimum absolute atomic E-state index is 0.144.